The van der Waals surface area contributed by atoms with Gasteiger partial charge in [0.15, 0.2) is 0 Å². The molecular weight excluding hydrogens is 210 g/mol. The second-order valence-corrected chi connectivity index (χ2v) is 3.66. The van der Waals surface area contributed by atoms with E-state index in [0.717, 1.165) is 0 Å². The van der Waals surface area contributed by atoms with Crippen LogP contribution in [-0.2, 0) is 11.2 Å². The maximum absolute atomic E-state index is 11.4. The smallest absolute Gasteiger partial charge is 0.318 e. The van der Waals surface area contributed by atoms with Crippen LogP contribution in [0.3, 0.4) is 0 Å². The molecular formula is C9H17N5O2. The normalized spacial score (nSPS) is 10.2. The second-order valence-electron chi connectivity index (χ2n) is 3.66. The van der Waals surface area contributed by atoms with Gasteiger partial charge in [0.1, 0.15) is 6.54 Å². The Hall–Kier alpha value is -1.63. The zero-order chi connectivity index (χ0) is 12.1. The highest BCUT2D eigenvalue weighted by Crippen LogP contribution is 2.10. The van der Waals surface area contributed by atoms with Crippen molar-refractivity contribution >= 4 is 11.9 Å². The molecule has 1 amide bonds. The van der Waals surface area contributed by atoms with Crippen LogP contribution in [0.4, 0.5) is 6.01 Å². The molecule has 0 fully saturated rings. The monoisotopic (exact) mass is 227 g/mol. The van der Waals surface area contributed by atoms with Crippen molar-refractivity contribution in [2.24, 2.45) is 5.73 Å². The molecule has 7 heteroatoms. The Morgan fingerprint density at radius 3 is 2.62 bits per heavy atom. The highest BCUT2D eigenvalue weighted by Gasteiger charge is 2.14. The number of aromatic nitrogens is 2. The van der Waals surface area contributed by atoms with E-state index < -0.39 is 0 Å². The van der Waals surface area contributed by atoms with Crippen molar-refractivity contribution in [2.45, 2.75) is 6.42 Å². The summed E-state index contributed by atoms with van der Waals surface area (Å²) in [7, 11) is 5.12. The zero-order valence-electron chi connectivity index (χ0n) is 9.80. The van der Waals surface area contributed by atoms with Crippen LogP contribution in [0.1, 0.15) is 5.89 Å². The fourth-order valence-electron chi connectivity index (χ4n) is 1.04. The van der Waals surface area contributed by atoms with E-state index in [4.69, 9.17) is 10.2 Å². The third-order valence-corrected chi connectivity index (χ3v) is 2.01. The van der Waals surface area contributed by atoms with Crippen molar-refractivity contribution in [1.82, 2.24) is 15.1 Å². The number of carbonyl (C=O) groups is 1. The van der Waals surface area contributed by atoms with Gasteiger partial charge in [-0.1, -0.05) is 5.10 Å². The van der Waals surface area contributed by atoms with E-state index in [2.05, 4.69) is 10.2 Å². The van der Waals surface area contributed by atoms with Gasteiger partial charge in [-0.25, -0.2) is 0 Å². The zero-order valence-corrected chi connectivity index (χ0v) is 9.80. The molecule has 90 valence electrons. The molecule has 1 rings (SSSR count). The molecule has 1 heterocycles. The van der Waals surface area contributed by atoms with Crippen LogP contribution in [-0.4, -0.2) is 55.2 Å². The molecule has 0 saturated heterocycles. The minimum Gasteiger partial charge on any atom is -0.408 e. The molecule has 2 N–H and O–H groups in total. The Labute approximate surface area is 94.2 Å². The number of carbonyl (C=O) groups excluding carboxylic acids is 1. The van der Waals surface area contributed by atoms with E-state index >= 15 is 0 Å². The first-order valence-electron chi connectivity index (χ1n) is 4.98. The maximum atomic E-state index is 11.4. The van der Waals surface area contributed by atoms with Gasteiger partial charge in [0.2, 0.25) is 11.8 Å². The van der Waals surface area contributed by atoms with E-state index in [1.165, 1.54) is 4.90 Å². The number of hydrogen-bond acceptors (Lipinski definition) is 6. The minimum absolute atomic E-state index is 0.0268. The number of nitrogens with zero attached hydrogens (tertiary/aromatic N) is 4. The molecule has 0 aromatic carbocycles. The van der Waals surface area contributed by atoms with Crippen molar-refractivity contribution in [1.29, 1.82) is 0 Å². The molecule has 1 aromatic rings. The first-order valence-corrected chi connectivity index (χ1v) is 4.98. The van der Waals surface area contributed by atoms with Crippen LogP contribution in [0.5, 0.6) is 0 Å². The van der Waals surface area contributed by atoms with E-state index in [9.17, 15) is 4.79 Å². The highest BCUT2D eigenvalue weighted by atomic mass is 16.4. The molecule has 0 aliphatic heterocycles. The summed E-state index contributed by atoms with van der Waals surface area (Å²) in [6, 6.07) is 0.332. The topological polar surface area (TPSA) is 88.5 Å². The molecule has 0 radical (unpaired) electrons. The van der Waals surface area contributed by atoms with Gasteiger partial charge in [0, 0.05) is 34.1 Å². The molecule has 0 saturated carbocycles. The van der Waals surface area contributed by atoms with Crippen LogP contribution in [0.25, 0.3) is 0 Å². The molecule has 1 aromatic heterocycles. The van der Waals surface area contributed by atoms with Gasteiger partial charge in [0.25, 0.3) is 0 Å². The van der Waals surface area contributed by atoms with Crippen molar-refractivity contribution in [3.8, 4) is 0 Å². The number of hydrogen-bond donors (Lipinski definition) is 1. The van der Waals surface area contributed by atoms with Crippen LogP contribution in [0.15, 0.2) is 4.42 Å². The summed E-state index contributed by atoms with van der Waals surface area (Å²) in [6.45, 7) is 0.666. The molecule has 0 unspecified atom stereocenters. The van der Waals surface area contributed by atoms with Gasteiger partial charge in [-0.05, 0) is 0 Å². The summed E-state index contributed by atoms with van der Waals surface area (Å²) in [4.78, 5) is 14.5. The number of anilines is 1. The number of nitrogens with two attached hydrogens (primary N) is 1. The van der Waals surface area contributed by atoms with Gasteiger partial charge in [-0.3, -0.25) is 4.79 Å². The standard InChI is InChI=1S/C9H17N5O2/c1-13(2)8(15)6-14(3)9-12-11-7(16-9)4-5-10/h4-6,10H2,1-3H3. The third kappa shape index (κ3) is 3.20. The first kappa shape index (κ1) is 12.4. The largest absolute Gasteiger partial charge is 0.408 e. The summed E-state index contributed by atoms with van der Waals surface area (Å²) in [5.41, 5.74) is 5.36. The first-order chi connectivity index (χ1) is 7.54. The Kier molecular flexibility index (Phi) is 4.24. The number of rotatable bonds is 5. The lowest BCUT2D eigenvalue weighted by molar-refractivity contribution is -0.127. The predicted octanol–water partition coefficient (Wildman–Crippen LogP) is -0.905. The fraction of sp³-hybridized carbons (Fsp3) is 0.667. The van der Waals surface area contributed by atoms with Crippen molar-refractivity contribution in [3.63, 3.8) is 0 Å². The SMILES string of the molecule is CN(C)C(=O)CN(C)c1nnc(CCN)o1. The van der Waals surface area contributed by atoms with Crippen molar-refractivity contribution < 1.29 is 9.21 Å². The lowest BCUT2D eigenvalue weighted by Crippen LogP contribution is -2.34. The van der Waals surface area contributed by atoms with Crippen LogP contribution >= 0.6 is 0 Å². The molecule has 16 heavy (non-hydrogen) atoms. The average Bonchev–Trinajstić information content (AvgIpc) is 2.66. The number of amides is 1. The highest BCUT2D eigenvalue weighted by molar-refractivity contribution is 5.80. The quantitative estimate of drug-likeness (QED) is 0.701. The lowest BCUT2D eigenvalue weighted by atomic mass is 10.4. The van der Waals surface area contributed by atoms with Gasteiger partial charge in [-0.15, -0.1) is 5.10 Å². The molecule has 0 bridgehead atoms. The third-order valence-electron chi connectivity index (χ3n) is 2.01. The van der Waals surface area contributed by atoms with Crippen molar-refractivity contribution in [2.75, 3.05) is 39.1 Å². The lowest BCUT2D eigenvalue weighted by Gasteiger charge is -2.16. The van der Waals surface area contributed by atoms with E-state index in [0.29, 0.717) is 24.9 Å². The van der Waals surface area contributed by atoms with Gasteiger partial charge >= 0.3 is 6.01 Å². The Balaban J connectivity index is 2.58. The summed E-state index contributed by atoms with van der Waals surface area (Å²) in [5, 5.41) is 7.65. The van der Waals surface area contributed by atoms with E-state index in [-0.39, 0.29) is 12.5 Å². The van der Waals surface area contributed by atoms with Crippen LogP contribution in [0.2, 0.25) is 0 Å². The second kappa shape index (κ2) is 5.45. The fourth-order valence-corrected chi connectivity index (χ4v) is 1.04. The van der Waals surface area contributed by atoms with Crippen molar-refractivity contribution in [3.05, 3.63) is 5.89 Å². The van der Waals surface area contributed by atoms with Crippen LogP contribution < -0.4 is 10.6 Å². The molecule has 0 aliphatic carbocycles. The maximum Gasteiger partial charge on any atom is 0.318 e. The summed E-state index contributed by atoms with van der Waals surface area (Å²) < 4.78 is 5.32. The summed E-state index contributed by atoms with van der Waals surface area (Å²) >= 11 is 0. The molecule has 7 nitrogen and oxygen atoms in total. The summed E-state index contributed by atoms with van der Waals surface area (Å²) in [6.07, 6.45) is 0.544. The Bertz CT molecular complexity index is 349. The summed E-state index contributed by atoms with van der Waals surface area (Å²) in [5.74, 6) is 0.461. The average molecular weight is 227 g/mol. The Morgan fingerprint density at radius 1 is 1.38 bits per heavy atom. The minimum atomic E-state index is -0.0268. The van der Waals surface area contributed by atoms with Gasteiger partial charge in [-0.2, -0.15) is 0 Å². The van der Waals surface area contributed by atoms with Crippen LogP contribution in [0, 0.1) is 0 Å². The molecule has 0 spiro atoms. The molecule has 0 atom stereocenters. The van der Waals surface area contributed by atoms with Gasteiger partial charge in [0.05, 0.1) is 0 Å². The van der Waals surface area contributed by atoms with E-state index in [1.807, 2.05) is 0 Å². The number of likely N-dealkylation sites (N-methyl/N-ethyl adjacent to an activating group) is 2. The predicted molar refractivity (Wildman–Crippen MR) is 59.0 cm³/mol. The Morgan fingerprint density at radius 2 is 2.06 bits per heavy atom. The van der Waals surface area contributed by atoms with Gasteiger partial charge < -0.3 is 20.0 Å². The van der Waals surface area contributed by atoms with E-state index in [1.54, 1.807) is 26.0 Å². The molecule has 0 aliphatic rings.